The van der Waals surface area contributed by atoms with Gasteiger partial charge in [0.05, 0.1) is 0 Å². The Hall–Kier alpha value is -0.480. The smallest absolute Gasteiger partial charge is 0.137 e. The fraction of sp³-hybridized carbons (Fsp3) is 0.750. The van der Waals surface area contributed by atoms with E-state index in [1.54, 1.807) is 0 Å². The van der Waals surface area contributed by atoms with E-state index in [1.165, 1.54) is 0 Å². The Morgan fingerprint density at radius 1 is 1.14 bits per heavy atom. The molecule has 0 aliphatic carbocycles. The molecule has 0 amide bonds. The van der Waals surface area contributed by atoms with Crippen LogP contribution in [0.2, 0.25) is 5.15 Å². The number of hydrogen-bond acceptors (Lipinski definition) is 4. The van der Waals surface area contributed by atoms with E-state index in [-0.39, 0.29) is 10.2 Å². The average molecular weight is 330 g/mol. The van der Waals surface area contributed by atoms with Crippen LogP contribution in [0.15, 0.2) is 0 Å². The standard InChI is InChI=1S/C16H28ClN3S/c1-8-16(9-2,21-7)10-18-13-11(3)12(17)19-14(20-13)15(4,5)6/h8-10H2,1-7H3,(H,18,19,20). The Balaban J connectivity index is 3.06. The molecule has 0 atom stereocenters. The molecule has 0 bridgehead atoms. The monoisotopic (exact) mass is 329 g/mol. The summed E-state index contributed by atoms with van der Waals surface area (Å²) in [4.78, 5) is 9.11. The molecule has 1 aromatic rings. The van der Waals surface area contributed by atoms with Gasteiger partial charge in [-0.3, -0.25) is 0 Å². The lowest BCUT2D eigenvalue weighted by molar-refractivity contribution is 0.543. The Labute approximate surface area is 138 Å². The van der Waals surface area contributed by atoms with Gasteiger partial charge in [-0.25, -0.2) is 9.97 Å². The maximum absolute atomic E-state index is 6.28. The third-order valence-corrected chi connectivity index (χ3v) is 6.01. The fourth-order valence-corrected chi connectivity index (χ4v) is 3.07. The maximum Gasteiger partial charge on any atom is 0.137 e. The van der Waals surface area contributed by atoms with Gasteiger partial charge in [0, 0.05) is 22.3 Å². The molecule has 5 heteroatoms. The molecule has 120 valence electrons. The number of nitrogens with zero attached hydrogens (tertiary/aromatic N) is 2. The van der Waals surface area contributed by atoms with Crippen molar-refractivity contribution in [1.29, 1.82) is 0 Å². The third-order valence-electron chi connectivity index (χ3n) is 4.06. The normalized spacial score (nSPS) is 12.6. The molecule has 1 rings (SSSR count). The fourth-order valence-electron chi connectivity index (χ4n) is 2.10. The summed E-state index contributed by atoms with van der Waals surface area (Å²) < 4.78 is 0.242. The van der Waals surface area contributed by atoms with Crippen molar-refractivity contribution in [1.82, 2.24) is 9.97 Å². The molecule has 0 saturated heterocycles. The van der Waals surface area contributed by atoms with Crippen LogP contribution >= 0.6 is 23.4 Å². The highest BCUT2D eigenvalue weighted by molar-refractivity contribution is 8.00. The number of rotatable bonds is 6. The summed E-state index contributed by atoms with van der Waals surface area (Å²) in [5, 5.41) is 4.05. The summed E-state index contributed by atoms with van der Waals surface area (Å²) in [5.74, 6) is 1.64. The predicted molar refractivity (Wildman–Crippen MR) is 95.8 cm³/mol. The van der Waals surface area contributed by atoms with E-state index < -0.39 is 0 Å². The van der Waals surface area contributed by atoms with E-state index >= 15 is 0 Å². The molecule has 0 spiro atoms. The molecule has 0 radical (unpaired) electrons. The second kappa shape index (κ2) is 7.19. The SMILES string of the molecule is CCC(CC)(CNc1nc(C(C)(C)C)nc(Cl)c1C)SC. The molecule has 21 heavy (non-hydrogen) atoms. The number of halogens is 1. The zero-order chi connectivity index (χ0) is 16.3. The van der Waals surface area contributed by atoms with Crippen molar-refractivity contribution in [3.05, 3.63) is 16.5 Å². The van der Waals surface area contributed by atoms with Crippen LogP contribution in [-0.2, 0) is 5.41 Å². The Bertz CT molecular complexity index is 471. The molecular weight excluding hydrogens is 302 g/mol. The minimum absolute atomic E-state index is 0.111. The van der Waals surface area contributed by atoms with Gasteiger partial charge in [0.1, 0.15) is 16.8 Å². The van der Waals surface area contributed by atoms with E-state index in [0.717, 1.165) is 36.6 Å². The largest absolute Gasteiger partial charge is 0.368 e. The summed E-state index contributed by atoms with van der Waals surface area (Å²) in [6, 6.07) is 0. The van der Waals surface area contributed by atoms with E-state index in [0.29, 0.717) is 5.15 Å². The van der Waals surface area contributed by atoms with Gasteiger partial charge in [0.15, 0.2) is 0 Å². The minimum Gasteiger partial charge on any atom is -0.368 e. The molecule has 3 nitrogen and oxygen atoms in total. The van der Waals surface area contributed by atoms with Crippen LogP contribution in [0.4, 0.5) is 5.82 Å². The van der Waals surface area contributed by atoms with Gasteiger partial charge in [-0.2, -0.15) is 11.8 Å². The van der Waals surface area contributed by atoms with Crippen molar-refractivity contribution in [2.45, 2.75) is 64.5 Å². The summed E-state index contributed by atoms with van der Waals surface area (Å²) in [6.07, 6.45) is 4.43. The van der Waals surface area contributed by atoms with Crippen molar-refractivity contribution in [2.24, 2.45) is 0 Å². The van der Waals surface area contributed by atoms with Gasteiger partial charge in [-0.05, 0) is 26.0 Å². The quantitative estimate of drug-likeness (QED) is 0.739. The zero-order valence-corrected chi connectivity index (χ0v) is 15.9. The number of hydrogen-bond donors (Lipinski definition) is 1. The first-order chi connectivity index (χ1) is 9.69. The van der Waals surface area contributed by atoms with Gasteiger partial charge >= 0.3 is 0 Å². The van der Waals surface area contributed by atoms with Crippen LogP contribution in [0.5, 0.6) is 0 Å². The molecule has 1 N–H and O–H groups in total. The maximum atomic E-state index is 6.28. The summed E-state index contributed by atoms with van der Waals surface area (Å²) in [5.41, 5.74) is 0.812. The first kappa shape index (κ1) is 18.6. The van der Waals surface area contributed by atoms with E-state index in [1.807, 2.05) is 18.7 Å². The highest BCUT2D eigenvalue weighted by Crippen LogP contribution is 2.32. The van der Waals surface area contributed by atoms with Gasteiger partial charge in [-0.15, -0.1) is 0 Å². The zero-order valence-electron chi connectivity index (χ0n) is 14.3. The molecule has 0 saturated carbocycles. The van der Waals surface area contributed by atoms with Crippen LogP contribution in [0, 0.1) is 6.92 Å². The van der Waals surface area contributed by atoms with Crippen molar-refractivity contribution in [3.8, 4) is 0 Å². The molecule has 0 aliphatic heterocycles. The number of aromatic nitrogens is 2. The van der Waals surface area contributed by atoms with Gasteiger partial charge in [0.2, 0.25) is 0 Å². The van der Waals surface area contributed by atoms with Crippen LogP contribution in [0.3, 0.4) is 0 Å². The number of thioether (sulfide) groups is 1. The molecule has 0 unspecified atom stereocenters. The molecule has 0 aliphatic rings. The van der Waals surface area contributed by atoms with E-state index in [9.17, 15) is 0 Å². The second-order valence-electron chi connectivity index (χ2n) is 6.51. The molecule has 0 aromatic carbocycles. The van der Waals surface area contributed by atoms with Gasteiger partial charge in [0.25, 0.3) is 0 Å². The average Bonchev–Trinajstić information content (AvgIpc) is 2.43. The third kappa shape index (κ3) is 4.49. The minimum atomic E-state index is -0.111. The first-order valence-corrected chi connectivity index (χ1v) is 9.13. The predicted octanol–water partition coefficient (Wildman–Crippen LogP) is 5.07. The van der Waals surface area contributed by atoms with Crippen molar-refractivity contribution < 1.29 is 0 Å². The van der Waals surface area contributed by atoms with E-state index in [2.05, 4.69) is 51.2 Å². The van der Waals surface area contributed by atoms with Crippen LogP contribution in [0.1, 0.15) is 58.8 Å². The van der Waals surface area contributed by atoms with Crippen LogP contribution in [0.25, 0.3) is 0 Å². The lowest BCUT2D eigenvalue weighted by Crippen LogP contribution is -2.32. The lowest BCUT2D eigenvalue weighted by Gasteiger charge is -2.30. The molecule has 0 fully saturated rings. The highest BCUT2D eigenvalue weighted by atomic mass is 35.5. The van der Waals surface area contributed by atoms with Crippen LogP contribution < -0.4 is 5.32 Å². The lowest BCUT2D eigenvalue weighted by atomic mass is 9.95. The van der Waals surface area contributed by atoms with Gasteiger partial charge < -0.3 is 5.32 Å². The molecule has 1 aromatic heterocycles. The summed E-state index contributed by atoms with van der Waals surface area (Å²) >= 11 is 8.20. The molecular formula is C16H28ClN3S. The summed E-state index contributed by atoms with van der Waals surface area (Å²) in [6.45, 7) is 13.6. The van der Waals surface area contributed by atoms with E-state index in [4.69, 9.17) is 16.6 Å². The van der Waals surface area contributed by atoms with Crippen molar-refractivity contribution in [2.75, 3.05) is 18.1 Å². The van der Waals surface area contributed by atoms with Crippen molar-refractivity contribution >= 4 is 29.2 Å². The number of anilines is 1. The second-order valence-corrected chi connectivity index (χ2v) is 8.14. The Morgan fingerprint density at radius 3 is 2.14 bits per heavy atom. The Kier molecular flexibility index (Phi) is 6.36. The highest BCUT2D eigenvalue weighted by Gasteiger charge is 2.26. The van der Waals surface area contributed by atoms with Crippen LogP contribution in [-0.4, -0.2) is 27.5 Å². The molecule has 1 heterocycles. The first-order valence-electron chi connectivity index (χ1n) is 7.52. The van der Waals surface area contributed by atoms with Gasteiger partial charge in [-0.1, -0.05) is 46.2 Å². The van der Waals surface area contributed by atoms with Crippen molar-refractivity contribution in [3.63, 3.8) is 0 Å². The summed E-state index contributed by atoms with van der Waals surface area (Å²) in [7, 11) is 0. The number of nitrogens with one attached hydrogen (secondary N) is 1. The topological polar surface area (TPSA) is 37.8 Å². The Morgan fingerprint density at radius 2 is 1.71 bits per heavy atom.